The zero-order valence-corrected chi connectivity index (χ0v) is 13.3. The maximum atomic E-state index is 13.7. The molecular weight excluding hydrogens is 318 g/mol. The second kappa shape index (κ2) is 7.72. The maximum Gasteiger partial charge on any atom is 0.257 e. The normalized spacial score (nSPS) is 12.0. The molecule has 2 rings (SSSR count). The molecule has 5 nitrogen and oxygen atoms in total. The molecule has 1 heterocycles. The lowest BCUT2D eigenvalue weighted by atomic mass is 10.0. The number of furan rings is 1. The lowest BCUT2D eigenvalue weighted by Crippen LogP contribution is -2.49. The summed E-state index contributed by atoms with van der Waals surface area (Å²) in [5.41, 5.74) is -0.706. The highest BCUT2D eigenvalue weighted by atomic mass is 19.1. The van der Waals surface area contributed by atoms with Gasteiger partial charge >= 0.3 is 0 Å². The van der Waals surface area contributed by atoms with E-state index in [1.54, 1.807) is 26.0 Å². The minimum absolute atomic E-state index is 0.152. The third kappa shape index (κ3) is 4.18. The molecule has 0 unspecified atom stereocenters. The first-order valence-corrected chi connectivity index (χ1v) is 7.45. The molecule has 2 aromatic rings. The summed E-state index contributed by atoms with van der Waals surface area (Å²) in [5.74, 6) is -3.13. The Morgan fingerprint density at radius 1 is 1.12 bits per heavy atom. The van der Waals surface area contributed by atoms with E-state index in [2.05, 4.69) is 10.6 Å². The van der Waals surface area contributed by atoms with Crippen molar-refractivity contribution in [1.82, 2.24) is 10.6 Å². The number of halogens is 2. The first kappa shape index (κ1) is 17.7. The van der Waals surface area contributed by atoms with Gasteiger partial charge in [0.25, 0.3) is 5.91 Å². The molecule has 2 amide bonds. The smallest absolute Gasteiger partial charge is 0.257 e. The highest BCUT2D eigenvalue weighted by Crippen LogP contribution is 2.13. The molecule has 7 heteroatoms. The molecule has 24 heavy (non-hydrogen) atoms. The van der Waals surface area contributed by atoms with Gasteiger partial charge in [-0.05, 0) is 30.2 Å². The van der Waals surface area contributed by atoms with E-state index in [4.69, 9.17) is 4.42 Å². The van der Waals surface area contributed by atoms with E-state index in [1.165, 1.54) is 6.26 Å². The number of rotatable bonds is 6. The van der Waals surface area contributed by atoms with Gasteiger partial charge in [-0.2, -0.15) is 0 Å². The highest BCUT2D eigenvalue weighted by Gasteiger charge is 2.27. The van der Waals surface area contributed by atoms with Crippen LogP contribution in [0.15, 0.2) is 41.0 Å². The molecule has 0 aliphatic heterocycles. The maximum absolute atomic E-state index is 13.7. The largest absolute Gasteiger partial charge is 0.467 e. The SMILES string of the molecule is CC(C)[C@H](NC(=O)c1c(F)cccc1F)C(=O)NCc1ccco1. The van der Waals surface area contributed by atoms with Gasteiger partial charge in [-0.15, -0.1) is 0 Å². The van der Waals surface area contributed by atoms with Crippen LogP contribution in [-0.2, 0) is 11.3 Å². The highest BCUT2D eigenvalue weighted by molar-refractivity contribution is 5.98. The second-order valence-corrected chi connectivity index (χ2v) is 5.59. The Hall–Kier alpha value is -2.70. The Morgan fingerprint density at radius 3 is 2.33 bits per heavy atom. The number of hydrogen-bond donors (Lipinski definition) is 2. The molecule has 0 saturated carbocycles. The first-order chi connectivity index (χ1) is 11.4. The van der Waals surface area contributed by atoms with E-state index in [0.717, 1.165) is 18.2 Å². The van der Waals surface area contributed by atoms with Crippen LogP contribution in [-0.4, -0.2) is 17.9 Å². The van der Waals surface area contributed by atoms with Gasteiger partial charge in [0, 0.05) is 0 Å². The molecule has 0 saturated heterocycles. The molecule has 0 radical (unpaired) electrons. The van der Waals surface area contributed by atoms with E-state index in [0.29, 0.717) is 5.76 Å². The minimum Gasteiger partial charge on any atom is -0.467 e. The Bertz CT molecular complexity index is 694. The molecule has 1 aromatic carbocycles. The molecule has 0 bridgehead atoms. The van der Waals surface area contributed by atoms with Crippen molar-refractivity contribution in [3.63, 3.8) is 0 Å². The third-order valence-corrected chi connectivity index (χ3v) is 3.44. The average molecular weight is 336 g/mol. The fourth-order valence-electron chi connectivity index (χ4n) is 2.16. The number of carbonyl (C=O) groups excluding carboxylic acids is 2. The summed E-state index contributed by atoms with van der Waals surface area (Å²) in [7, 11) is 0. The Kier molecular flexibility index (Phi) is 5.68. The molecule has 0 fully saturated rings. The van der Waals surface area contributed by atoms with Gasteiger partial charge in [-0.1, -0.05) is 19.9 Å². The van der Waals surface area contributed by atoms with Crippen LogP contribution in [0.4, 0.5) is 8.78 Å². The van der Waals surface area contributed by atoms with Crippen molar-refractivity contribution in [2.24, 2.45) is 5.92 Å². The predicted octanol–water partition coefficient (Wildman–Crippen LogP) is 2.63. The van der Waals surface area contributed by atoms with Gasteiger partial charge in [0.05, 0.1) is 12.8 Å². The summed E-state index contributed by atoms with van der Waals surface area (Å²) in [5, 5.41) is 5.00. The van der Waals surface area contributed by atoms with Crippen molar-refractivity contribution in [3.8, 4) is 0 Å². The monoisotopic (exact) mass is 336 g/mol. The lowest BCUT2D eigenvalue weighted by Gasteiger charge is -2.21. The Labute approximate surface area is 138 Å². The zero-order chi connectivity index (χ0) is 17.7. The van der Waals surface area contributed by atoms with Crippen molar-refractivity contribution in [2.75, 3.05) is 0 Å². The van der Waals surface area contributed by atoms with Crippen molar-refractivity contribution in [3.05, 3.63) is 59.6 Å². The van der Waals surface area contributed by atoms with Gasteiger partial charge in [0.2, 0.25) is 5.91 Å². The fraction of sp³-hybridized carbons (Fsp3) is 0.294. The van der Waals surface area contributed by atoms with E-state index in [-0.39, 0.29) is 12.5 Å². The Morgan fingerprint density at radius 2 is 1.79 bits per heavy atom. The van der Waals surface area contributed by atoms with Crippen LogP contribution in [0.3, 0.4) is 0 Å². The van der Waals surface area contributed by atoms with Gasteiger partial charge in [0.1, 0.15) is 29.0 Å². The summed E-state index contributed by atoms with van der Waals surface area (Å²) in [6.07, 6.45) is 1.48. The standard InChI is InChI=1S/C17H18F2N2O3/c1-10(2)15(17(23)20-9-11-5-4-8-24-11)21-16(22)14-12(18)6-3-7-13(14)19/h3-8,10,15H,9H2,1-2H3,(H,20,23)(H,21,22)/t15-/m0/s1. The van der Waals surface area contributed by atoms with Crippen LogP contribution in [0.25, 0.3) is 0 Å². The fourth-order valence-corrected chi connectivity index (χ4v) is 2.16. The minimum atomic E-state index is -0.981. The molecule has 0 aliphatic carbocycles. The van der Waals surface area contributed by atoms with Crippen molar-refractivity contribution in [1.29, 1.82) is 0 Å². The lowest BCUT2D eigenvalue weighted by molar-refractivity contribution is -0.124. The molecule has 0 aliphatic rings. The first-order valence-electron chi connectivity index (χ1n) is 7.45. The van der Waals surface area contributed by atoms with Crippen molar-refractivity contribution in [2.45, 2.75) is 26.4 Å². The number of carbonyl (C=O) groups is 2. The van der Waals surface area contributed by atoms with Crippen LogP contribution < -0.4 is 10.6 Å². The van der Waals surface area contributed by atoms with Crippen molar-refractivity contribution < 1.29 is 22.8 Å². The molecule has 1 atom stereocenters. The Balaban J connectivity index is 2.07. The van der Waals surface area contributed by atoms with Gasteiger partial charge in [-0.3, -0.25) is 9.59 Å². The van der Waals surface area contributed by atoms with E-state index >= 15 is 0 Å². The number of amides is 2. The summed E-state index contributed by atoms with van der Waals surface area (Å²) >= 11 is 0. The summed E-state index contributed by atoms with van der Waals surface area (Å²) < 4.78 is 32.5. The van der Waals surface area contributed by atoms with E-state index in [9.17, 15) is 18.4 Å². The van der Waals surface area contributed by atoms with Gasteiger partial charge < -0.3 is 15.1 Å². The summed E-state index contributed by atoms with van der Waals surface area (Å²) in [6, 6.07) is 5.57. The second-order valence-electron chi connectivity index (χ2n) is 5.59. The molecule has 0 spiro atoms. The molecule has 2 N–H and O–H groups in total. The van der Waals surface area contributed by atoms with Crippen molar-refractivity contribution >= 4 is 11.8 Å². The predicted molar refractivity (Wildman–Crippen MR) is 83.0 cm³/mol. The number of hydrogen-bond acceptors (Lipinski definition) is 3. The number of nitrogens with one attached hydrogen (secondary N) is 2. The van der Waals surface area contributed by atoms with Crippen LogP contribution in [0.2, 0.25) is 0 Å². The zero-order valence-electron chi connectivity index (χ0n) is 13.3. The molecule has 128 valence electrons. The molecular formula is C17H18F2N2O3. The van der Waals surface area contributed by atoms with Crippen LogP contribution >= 0.6 is 0 Å². The average Bonchev–Trinajstić information content (AvgIpc) is 3.03. The van der Waals surface area contributed by atoms with Crippen LogP contribution in [0.5, 0.6) is 0 Å². The summed E-state index contributed by atoms with van der Waals surface area (Å²) in [4.78, 5) is 24.4. The number of benzene rings is 1. The van der Waals surface area contributed by atoms with Crippen LogP contribution in [0, 0.1) is 17.6 Å². The third-order valence-electron chi connectivity index (χ3n) is 3.44. The van der Waals surface area contributed by atoms with E-state index < -0.39 is 35.1 Å². The van der Waals surface area contributed by atoms with Gasteiger partial charge in [0.15, 0.2) is 0 Å². The topological polar surface area (TPSA) is 71.3 Å². The molecule has 1 aromatic heterocycles. The summed E-state index contributed by atoms with van der Waals surface area (Å²) in [6.45, 7) is 3.59. The van der Waals surface area contributed by atoms with Gasteiger partial charge in [-0.25, -0.2) is 8.78 Å². The van der Waals surface area contributed by atoms with E-state index in [1.807, 2.05) is 0 Å². The van der Waals surface area contributed by atoms with Crippen LogP contribution in [0.1, 0.15) is 30.0 Å². The quantitative estimate of drug-likeness (QED) is 0.852.